The SMILES string of the molecule is C/C(C(=O)C(C)(C)C)=C(/O)C(C)(C)C.CCc1nc(-c2[c-]cc(C3CCCCC3)cc2)c2ccc3cc(C)c(F)c(C)c3c2n1.[Ir]. The maximum Gasteiger partial charge on any atom is 0.167 e. The Balaban J connectivity index is 0.000000329. The third kappa shape index (κ3) is 8.12. The van der Waals surface area contributed by atoms with Gasteiger partial charge in [0, 0.05) is 48.3 Å². The van der Waals surface area contributed by atoms with Crippen molar-refractivity contribution in [2.45, 2.75) is 114 Å². The zero-order valence-corrected chi connectivity index (χ0v) is 31.6. The molecule has 0 unspecified atom stereocenters. The van der Waals surface area contributed by atoms with Gasteiger partial charge in [-0.3, -0.25) is 9.78 Å². The van der Waals surface area contributed by atoms with Crippen LogP contribution in [0.2, 0.25) is 0 Å². The quantitative estimate of drug-likeness (QED) is 0.0966. The van der Waals surface area contributed by atoms with Gasteiger partial charge in [0.2, 0.25) is 0 Å². The summed E-state index contributed by atoms with van der Waals surface area (Å²) in [4.78, 5) is 21.5. The van der Waals surface area contributed by atoms with E-state index in [4.69, 9.17) is 9.97 Å². The Morgan fingerprint density at radius 1 is 0.978 bits per heavy atom. The van der Waals surface area contributed by atoms with Gasteiger partial charge in [-0.05, 0) is 54.4 Å². The van der Waals surface area contributed by atoms with E-state index in [2.05, 4.69) is 43.3 Å². The van der Waals surface area contributed by atoms with E-state index in [9.17, 15) is 14.3 Å². The van der Waals surface area contributed by atoms with Gasteiger partial charge in [-0.25, -0.2) is 9.37 Å². The number of aryl methyl sites for hydroxylation is 3. The molecule has 5 rings (SSSR count). The van der Waals surface area contributed by atoms with Crippen molar-refractivity contribution in [2.75, 3.05) is 0 Å². The molecule has 1 radical (unpaired) electrons. The first-order chi connectivity index (χ1) is 21.0. The summed E-state index contributed by atoms with van der Waals surface area (Å²) < 4.78 is 14.8. The zero-order chi connectivity index (χ0) is 33.3. The monoisotopic (exact) mass is 802 g/mol. The molecule has 3 aromatic carbocycles. The summed E-state index contributed by atoms with van der Waals surface area (Å²) in [6.07, 6.45) is 7.29. The summed E-state index contributed by atoms with van der Waals surface area (Å²) in [7, 11) is 0. The number of halogens is 1. The number of aromatic nitrogens is 2. The number of aliphatic hydroxyl groups excluding tert-OH is 1. The van der Waals surface area contributed by atoms with Crippen LogP contribution >= 0.6 is 0 Å². The molecular formula is C40H50FIrN2O2-. The zero-order valence-electron chi connectivity index (χ0n) is 29.2. The van der Waals surface area contributed by atoms with Crippen LogP contribution < -0.4 is 0 Å². The van der Waals surface area contributed by atoms with E-state index in [0.29, 0.717) is 22.6 Å². The van der Waals surface area contributed by atoms with Crippen LogP contribution in [0.15, 0.2) is 47.7 Å². The fourth-order valence-electron chi connectivity index (χ4n) is 6.34. The van der Waals surface area contributed by atoms with Gasteiger partial charge in [0.1, 0.15) is 17.4 Å². The Labute approximate surface area is 288 Å². The summed E-state index contributed by atoms with van der Waals surface area (Å²) >= 11 is 0. The van der Waals surface area contributed by atoms with Crippen LogP contribution in [0.3, 0.4) is 0 Å². The molecule has 0 aliphatic heterocycles. The molecule has 1 aliphatic rings. The number of allylic oxidation sites excluding steroid dienone is 2. The average Bonchev–Trinajstić information content (AvgIpc) is 3.01. The summed E-state index contributed by atoms with van der Waals surface area (Å²) in [5.74, 6) is 1.48. The molecule has 249 valence electrons. The maximum absolute atomic E-state index is 14.8. The molecule has 0 atom stereocenters. The molecule has 1 aromatic heterocycles. The number of Topliss-reactive ketones (excluding diaryl/α,β-unsaturated/α-hetero) is 1. The number of carbonyl (C=O) groups is 1. The number of rotatable bonds is 4. The van der Waals surface area contributed by atoms with Crippen molar-refractivity contribution in [3.05, 3.63) is 82.1 Å². The summed E-state index contributed by atoms with van der Waals surface area (Å²) in [6, 6.07) is 16.1. The predicted octanol–water partition coefficient (Wildman–Crippen LogP) is 11.1. The van der Waals surface area contributed by atoms with Crippen molar-refractivity contribution in [3.63, 3.8) is 0 Å². The first-order valence-electron chi connectivity index (χ1n) is 16.4. The molecule has 4 nitrogen and oxygen atoms in total. The molecule has 1 heterocycles. The van der Waals surface area contributed by atoms with E-state index in [1.807, 2.05) is 61.5 Å². The van der Waals surface area contributed by atoms with Gasteiger partial charge in [0.05, 0.1) is 5.52 Å². The Hall–Kier alpha value is -2.95. The van der Waals surface area contributed by atoms with E-state index in [-0.39, 0.29) is 42.9 Å². The van der Waals surface area contributed by atoms with Gasteiger partial charge in [-0.15, -0.1) is 35.4 Å². The molecule has 0 spiro atoms. The van der Waals surface area contributed by atoms with Gasteiger partial charge in [-0.2, -0.15) is 0 Å². The minimum atomic E-state index is -0.427. The normalized spacial score (nSPS) is 14.8. The van der Waals surface area contributed by atoms with Crippen molar-refractivity contribution >= 4 is 27.5 Å². The third-order valence-corrected chi connectivity index (χ3v) is 8.94. The minimum absolute atomic E-state index is 0. The summed E-state index contributed by atoms with van der Waals surface area (Å²) in [5, 5.41) is 12.7. The third-order valence-electron chi connectivity index (χ3n) is 8.94. The molecule has 4 aromatic rings. The Kier molecular flexibility index (Phi) is 12.1. The maximum atomic E-state index is 14.8. The molecule has 0 amide bonds. The first-order valence-corrected chi connectivity index (χ1v) is 16.4. The Morgan fingerprint density at radius 3 is 2.17 bits per heavy atom. The van der Waals surface area contributed by atoms with Crippen molar-refractivity contribution < 1.29 is 34.4 Å². The standard InChI is InChI=1S/C28H28FN2.C12H22O2.Ir/c1-4-24-30-27(21-12-10-20(11-13-21)19-8-6-5-7-9-19)23-15-14-22-16-17(2)26(29)18(3)25(22)28(23)31-24;1-8(9(13)11(2,3)4)10(14)12(5,6)7;/h10-12,14-16,19H,4-9H2,1-3H3;13H,1-7H3;/q-1;;/b;9-8-;. The molecule has 0 bridgehead atoms. The fraction of sp³-hybridized carbons (Fsp3) is 0.475. The van der Waals surface area contributed by atoms with Crippen LogP contribution in [0.25, 0.3) is 32.9 Å². The van der Waals surface area contributed by atoms with Crippen LogP contribution in [-0.2, 0) is 31.3 Å². The summed E-state index contributed by atoms with van der Waals surface area (Å²) in [5.41, 5.74) is 5.10. The van der Waals surface area contributed by atoms with Crippen molar-refractivity contribution in [2.24, 2.45) is 10.8 Å². The minimum Gasteiger partial charge on any atom is -0.511 e. The molecular weight excluding hydrogens is 752 g/mol. The number of ketones is 1. The number of hydrogen-bond donors (Lipinski definition) is 1. The first kappa shape index (κ1) is 37.5. The molecule has 46 heavy (non-hydrogen) atoms. The Morgan fingerprint density at radius 2 is 1.63 bits per heavy atom. The predicted molar refractivity (Wildman–Crippen MR) is 185 cm³/mol. The second kappa shape index (κ2) is 14.9. The van der Waals surface area contributed by atoms with E-state index >= 15 is 0 Å². The second-order valence-corrected chi connectivity index (χ2v) is 14.7. The van der Waals surface area contributed by atoms with Gasteiger partial charge < -0.3 is 5.11 Å². The fourth-order valence-corrected chi connectivity index (χ4v) is 6.34. The average molecular weight is 802 g/mol. The number of hydrogen-bond acceptors (Lipinski definition) is 4. The number of aliphatic hydroxyl groups is 1. The van der Waals surface area contributed by atoms with Crippen LogP contribution in [0.5, 0.6) is 0 Å². The van der Waals surface area contributed by atoms with Crippen LogP contribution in [-0.4, -0.2) is 20.9 Å². The van der Waals surface area contributed by atoms with E-state index in [1.54, 1.807) is 6.92 Å². The number of nitrogens with zero attached hydrogens (tertiary/aromatic N) is 2. The number of fused-ring (bicyclic) bond motifs is 3. The topological polar surface area (TPSA) is 63.1 Å². The van der Waals surface area contributed by atoms with Gasteiger partial charge in [0.15, 0.2) is 5.78 Å². The van der Waals surface area contributed by atoms with Gasteiger partial charge in [-0.1, -0.05) is 98.6 Å². The van der Waals surface area contributed by atoms with Crippen molar-refractivity contribution in [1.29, 1.82) is 0 Å². The van der Waals surface area contributed by atoms with Crippen molar-refractivity contribution in [1.82, 2.24) is 9.97 Å². The van der Waals surface area contributed by atoms with E-state index < -0.39 is 5.41 Å². The molecule has 1 fully saturated rings. The van der Waals surface area contributed by atoms with Gasteiger partial charge in [0.25, 0.3) is 0 Å². The largest absolute Gasteiger partial charge is 0.511 e. The van der Waals surface area contributed by atoms with Crippen LogP contribution in [0, 0.1) is 36.6 Å². The summed E-state index contributed by atoms with van der Waals surface area (Å²) in [6.45, 7) is 18.7. The molecule has 0 saturated heterocycles. The van der Waals surface area contributed by atoms with Crippen LogP contribution in [0.1, 0.15) is 116 Å². The van der Waals surface area contributed by atoms with Crippen LogP contribution in [0.4, 0.5) is 4.39 Å². The Bertz CT molecular complexity index is 1740. The smallest absolute Gasteiger partial charge is 0.167 e. The molecule has 6 heteroatoms. The molecule has 1 aliphatic carbocycles. The molecule has 1 saturated carbocycles. The van der Waals surface area contributed by atoms with Crippen molar-refractivity contribution in [3.8, 4) is 11.3 Å². The number of benzene rings is 3. The number of carbonyl (C=O) groups excluding carboxylic acids is 1. The van der Waals surface area contributed by atoms with Gasteiger partial charge >= 0.3 is 0 Å². The second-order valence-electron chi connectivity index (χ2n) is 14.7. The van der Waals surface area contributed by atoms with E-state index in [0.717, 1.165) is 45.2 Å². The van der Waals surface area contributed by atoms with E-state index in [1.165, 1.54) is 37.7 Å². The molecule has 1 N–H and O–H groups in total.